The summed E-state index contributed by atoms with van der Waals surface area (Å²) in [5.74, 6) is -1.14. The molecular formula is C12H12N4O4. The van der Waals surface area contributed by atoms with Crippen molar-refractivity contribution in [3.8, 4) is 6.07 Å². The van der Waals surface area contributed by atoms with Gasteiger partial charge in [0.05, 0.1) is 4.92 Å². The number of nitriles is 1. The van der Waals surface area contributed by atoms with Crippen LogP contribution in [0.3, 0.4) is 0 Å². The van der Waals surface area contributed by atoms with Crippen molar-refractivity contribution in [3.05, 3.63) is 33.9 Å². The van der Waals surface area contributed by atoms with Gasteiger partial charge >= 0.3 is 11.7 Å². The molecule has 1 aliphatic rings. The van der Waals surface area contributed by atoms with E-state index in [9.17, 15) is 14.9 Å². The summed E-state index contributed by atoms with van der Waals surface area (Å²) in [4.78, 5) is 23.1. The zero-order chi connectivity index (χ0) is 14.9. The molecule has 104 valence electrons. The number of carboxylic acids is 1. The first-order valence-corrected chi connectivity index (χ1v) is 5.84. The standard InChI is InChI=1S/C12H12N4O4/c13-6-8-2-1-3-9(10(8)16(19)20)15-5-4-12(14,7-15)11(17)18/h1-3H,4-5,7,14H2,(H,17,18). The molecule has 1 aromatic carbocycles. The number of aliphatic carboxylic acids is 1. The second-order valence-corrected chi connectivity index (χ2v) is 4.68. The molecular weight excluding hydrogens is 264 g/mol. The number of nitro benzene ring substituents is 1. The third-order valence-corrected chi connectivity index (χ3v) is 3.39. The molecule has 0 aliphatic carbocycles. The highest BCUT2D eigenvalue weighted by Crippen LogP contribution is 2.35. The molecule has 1 heterocycles. The summed E-state index contributed by atoms with van der Waals surface area (Å²) in [6.07, 6.45) is 0.191. The Kier molecular flexibility index (Phi) is 3.29. The third-order valence-electron chi connectivity index (χ3n) is 3.39. The minimum Gasteiger partial charge on any atom is -0.480 e. The number of nitrogens with zero attached hydrogens (tertiary/aromatic N) is 3. The fraction of sp³-hybridized carbons (Fsp3) is 0.333. The predicted octanol–water partition coefficient (Wildman–Crippen LogP) is 0.459. The highest BCUT2D eigenvalue weighted by atomic mass is 16.6. The number of nitro groups is 1. The van der Waals surface area contributed by atoms with Crippen molar-refractivity contribution in [1.82, 2.24) is 0 Å². The van der Waals surface area contributed by atoms with Gasteiger partial charge in [-0.25, -0.2) is 0 Å². The van der Waals surface area contributed by atoms with Crippen LogP contribution in [-0.2, 0) is 4.79 Å². The van der Waals surface area contributed by atoms with Crippen LogP contribution in [-0.4, -0.2) is 34.6 Å². The van der Waals surface area contributed by atoms with E-state index in [-0.39, 0.29) is 29.9 Å². The van der Waals surface area contributed by atoms with Crippen LogP contribution >= 0.6 is 0 Å². The first-order chi connectivity index (χ1) is 9.39. The van der Waals surface area contributed by atoms with Crippen LogP contribution in [0.5, 0.6) is 0 Å². The van der Waals surface area contributed by atoms with Gasteiger partial charge in [-0.1, -0.05) is 6.07 Å². The fourth-order valence-corrected chi connectivity index (χ4v) is 2.28. The van der Waals surface area contributed by atoms with Gasteiger partial charge in [-0.05, 0) is 18.6 Å². The maximum atomic E-state index is 11.1. The van der Waals surface area contributed by atoms with E-state index in [4.69, 9.17) is 16.1 Å². The van der Waals surface area contributed by atoms with E-state index in [1.807, 2.05) is 0 Å². The Balaban J connectivity index is 2.43. The number of carbonyl (C=O) groups is 1. The van der Waals surface area contributed by atoms with Crippen LogP contribution in [0.15, 0.2) is 18.2 Å². The number of para-hydroxylation sites is 1. The molecule has 1 aromatic rings. The second-order valence-electron chi connectivity index (χ2n) is 4.68. The van der Waals surface area contributed by atoms with Crippen LogP contribution in [0.25, 0.3) is 0 Å². The van der Waals surface area contributed by atoms with Crippen molar-refractivity contribution in [2.45, 2.75) is 12.0 Å². The zero-order valence-corrected chi connectivity index (χ0v) is 10.4. The highest BCUT2D eigenvalue weighted by Gasteiger charge is 2.43. The largest absolute Gasteiger partial charge is 0.480 e. The molecule has 0 aromatic heterocycles. The summed E-state index contributed by atoms with van der Waals surface area (Å²) in [5.41, 5.74) is 4.18. The summed E-state index contributed by atoms with van der Waals surface area (Å²) in [6, 6.07) is 6.14. The highest BCUT2D eigenvalue weighted by molar-refractivity contribution is 5.81. The second kappa shape index (κ2) is 4.79. The van der Waals surface area contributed by atoms with Gasteiger partial charge in [-0.15, -0.1) is 0 Å². The van der Waals surface area contributed by atoms with Crippen LogP contribution in [0.2, 0.25) is 0 Å². The van der Waals surface area contributed by atoms with Crippen molar-refractivity contribution in [3.63, 3.8) is 0 Å². The maximum Gasteiger partial charge on any atom is 0.325 e. The van der Waals surface area contributed by atoms with Crippen LogP contribution < -0.4 is 10.6 Å². The van der Waals surface area contributed by atoms with E-state index >= 15 is 0 Å². The van der Waals surface area contributed by atoms with Crippen molar-refractivity contribution in [2.75, 3.05) is 18.0 Å². The van der Waals surface area contributed by atoms with E-state index in [0.717, 1.165) is 0 Å². The molecule has 1 unspecified atom stereocenters. The minimum absolute atomic E-state index is 0.0297. The average molecular weight is 276 g/mol. The van der Waals surface area contributed by atoms with E-state index in [2.05, 4.69) is 0 Å². The van der Waals surface area contributed by atoms with E-state index < -0.39 is 16.4 Å². The van der Waals surface area contributed by atoms with Crippen molar-refractivity contribution < 1.29 is 14.8 Å². The Hall–Kier alpha value is -2.66. The van der Waals surface area contributed by atoms with Gasteiger partial charge in [-0.2, -0.15) is 5.26 Å². The van der Waals surface area contributed by atoms with Crippen molar-refractivity contribution in [2.24, 2.45) is 5.73 Å². The van der Waals surface area contributed by atoms with Gasteiger partial charge in [0.2, 0.25) is 0 Å². The molecule has 1 aliphatic heterocycles. The normalized spacial score (nSPS) is 21.5. The number of carboxylic acid groups (broad SMARTS) is 1. The molecule has 3 N–H and O–H groups in total. The number of anilines is 1. The lowest BCUT2D eigenvalue weighted by atomic mass is 10.0. The summed E-state index contributed by atoms with van der Waals surface area (Å²) in [7, 11) is 0. The molecule has 1 atom stereocenters. The molecule has 0 bridgehead atoms. The van der Waals surface area contributed by atoms with Gasteiger partial charge < -0.3 is 15.7 Å². The van der Waals surface area contributed by atoms with Gasteiger partial charge in [-0.3, -0.25) is 14.9 Å². The van der Waals surface area contributed by atoms with Gasteiger partial charge in [0.25, 0.3) is 0 Å². The number of hydrogen-bond donors (Lipinski definition) is 2. The van der Waals surface area contributed by atoms with Crippen molar-refractivity contribution >= 4 is 17.3 Å². The lowest BCUT2D eigenvalue weighted by molar-refractivity contribution is -0.384. The van der Waals surface area contributed by atoms with Gasteiger partial charge in [0.15, 0.2) is 0 Å². The van der Waals surface area contributed by atoms with Crippen LogP contribution in [0, 0.1) is 21.4 Å². The SMILES string of the molecule is N#Cc1cccc(N2CCC(N)(C(=O)O)C2)c1[N+](=O)[O-]. The Bertz CT molecular complexity index is 624. The monoisotopic (exact) mass is 276 g/mol. The summed E-state index contributed by atoms with van der Waals surface area (Å²) >= 11 is 0. The quantitative estimate of drug-likeness (QED) is 0.604. The Labute approximate surface area is 114 Å². The lowest BCUT2D eigenvalue weighted by Gasteiger charge is -2.21. The Morgan fingerprint density at radius 1 is 1.60 bits per heavy atom. The molecule has 8 nitrogen and oxygen atoms in total. The van der Waals surface area contributed by atoms with Gasteiger partial charge in [0, 0.05) is 13.1 Å². The molecule has 0 saturated carbocycles. The predicted molar refractivity (Wildman–Crippen MR) is 69.2 cm³/mol. The number of rotatable bonds is 3. The van der Waals surface area contributed by atoms with E-state index in [1.54, 1.807) is 6.07 Å². The summed E-state index contributed by atoms with van der Waals surface area (Å²) in [6.45, 7) is 0.260. The third kappa shape index (κ3) is 2.15. The molecule has 0 spiro atoms. The molecule has 1 saturated heterocycles. The number of hydrogen-bond acceptors (Lipinski definition) is 6. The van der Waals surface area contributed by atoms with E-state index in [1.165, 1.54) is 23.1 Å². The van der Waals surface area contributed by atoms with Crippen LogP contribution in [0.1, 0.15) is 12.0 Å². The molecule has 20 heavy (non-hydrogen) atoms. The number of benzene rings is 1. The molecule has 0 amide bonds. The molecule has 2 rings (SSSR count). The lowest BCUT2D eigenvalue weighted by Crippen LogP contribution is -2.50. The van der Waals surface area contributed by atoms with E-state index in [0.29, 0.717) is 6.54 Å². The van der Waals surface area contributed by atoms with Crippen LogP contribution in [0.4, 0.5) is 11.4 Å². The maximum absolute atomic E-state index is 11.1. The molecule has 8 heteroatoms. The first-order valence-electron chi connectivity index (χ1n) is 5.84. The smallest absolute Gasteiger partial charge is 0.325 e. The Morgan fingerprint density at radius 2 is 2.30 bits per heavy atom. The minimum atomic E-state index is -1.42. The first kappa shape index (κ1) is 13.8. The zero-order valence-electron chi connectivity index (χ0n) is 10.4. The molecule has 1 fully saturated rings. The van der Waals surface area contributed by atoms with Gasteiger partial charge in [0.1, 0.15) is 22.9 Å². The number of nitrogens with two attached hydrogens (primary N) is 1. The summed E-state index contributed by atoms with van der Waals surface area (Å²) < 4.78 is 0. The summed E-state index contributed by atoms with van der Waals surface area (Å²) in [5, 5.41) is 29.1. The topological polar surface area (TPSA) is 133 Å². The Morgan fingerprint density at radius 3 is 2.80 bits per heavy atom. The average Bonchev–Trinajstić information content (AvgIpc) is 2.81. The molecule has 0 radical (unpaired) electrons. The fourth-order valence-electron chi connectivity index (χ4n) is 2.28. The van der Waals surface area contributed by atoms with Crippen molar-refractivity contribution in [1.29, 1.82) is 5.26 Å².